The molecular formula is C37H23N3S. The molecule has 0 bridgehead atoms. The normalized spacial score (nSPS) is 11.4. The van der Waals surface area contributed by atoms with Gasteiger partial charge in [-0.05, 0) is 51.2 Å². The molecule has 0 fully saturated rings. The Labute approximate surface area is 241 Å². The van der Waals surface area contributed by atoms with Crippen LogP contribution >= 0.6 is 11.3 Å². The molecule has 0 saturated heterocycles. The monoisotopic (exact) mass is 541 g/mol. The molecule has 0 radical (unpaired) electrons. The van der Waals surface area contributed by atoms with Gasteiger partial charge in [0.2, 0.25) is 0 Å². The highest BCUT2D eigenvalue weighted by Gasteiger charge is 2.15. The molecule has 41 heavy (non-hydrogen) atoms. The lowest BCUT2D eigenvalue weighted by Crippen LogP contribution is -1.95. The van der Waals surface area contributed by atoms with Crippen LogP contribution in [0.15, 0.2) is 139 Å². The van der Waals surface area contributed by atoms with Gasteiger partial charge in [-0.2, -0.15) is 0 Å². The van der Waals surface area contributed by atoms with Crippen LogP contribution in [0.25, 0.3) is 76.8 Å². The van der Waals surface area contributed by atoms with Gasteiger partial charge in [-0.1, -0.05) is 115 Å². The van der Waals surface area contributed by atoms with Crippen LogP contribution in [0.3, 0.4) is 0 Å². The third-order valence-electron chi connectivity index (χ3n) is 7.65. The summed E-state index contributed by atoms with van der Waals surface area (Å²) < 4.78 is 1.20. The first-order valence-corrected chi connectivity index (χ1v) is 14.5. The minimum Gasteiger partial charge on any atom is -0.245 e. The first kappa shape index (κ1) is 23.7. The molecule has 4 heteroatoms. The fourth-order valence-electron chi connectivity index (χ4n) is 5.66. The summed E-state index contributed by atoms with van der Waals surface area (Å²) in [5, 5.41) is 3.50. The smallest absolute Gasteiger partial charge is 0.160 e. The van der Waals surface area contributed by atoms with Crippen LogP contribution in [-0.2, 0) is 0 Å². The summed E-state index contributed by atoms with van der Waals surface area (Å²) in [6, 6.07) is 46.9. The van der Waals surface area contributed by atoms with Gasteiger partial charge in [0.15, 0.2) is 5.82 Å². The predicted molar refractivity (Wildman–Crippen MR) is 172 cm³/mol. The average molecular weight is 542 g/mol. The average Bonchev–Trinajstić information content (AvgIpc) is 3.52. The lowest BCUT2D eigenvalue weighted by molar-refractivity contribution is 1.23. The maximum absolute atomic E-state index is 5.07. The first-order valence-electron chi connectivity index (χ1n) is 13.6. The van der Waals surface area contributed by atoms with Crippen molar-refractivity contribution in [3.05, 3.63) is 139 Å². The fourth-order valence-corrected chi connectivity index (χ4v) is 6.32. The molecule has 0 aliphatic rings. The summed E-state index contributed by atoms with van der Waals surface area (Å²) in [5.74, 6) is 0.733. The minimum absolute atomic E-state index is 0.733. The molecule has 0 spiro atoms. The summed E-state index contributed by atoms with van der Waals surface area (Å²) in [6.07, 6.45) is 0. The van der Waals surface area contributed by atoms with Crippen LogP contribution < -0.4 is 0 Å². The standard InChI is InChI=1S/C37H23N3S/c1-2-9-27(10-3-1)37-39-32-13-7-6-12-31(32)36(40-37)26-16-14-25(15-17-26)35-29-11-5-4-8-24(29)18-20-30(35)28-19-21-34-33(22-28)38-23-41-34/h1-23H. The van der Waals surface area contributed by atoms with Crippen LogP contribution in [0, 0.1) is 0 Å². The van der Waals surface area contributed by atoms with E-state index in [-0.39, 0.29) is 0 Å². The molecule has 3 nitrogen and oxygen atoms in total. The van der Waals surface area contributed by atoms with E-state index in [0.29, 0.717) is 0 Å². The van der Waals surface area contributed by atoms with E-state index in [2.05, 4.69) is 108 Å². The van der Waals surface area contributed by atoms with Crippen molar-refractivity contribution in [2.24, 2.45) is 0 Å². The van der Waals surface area contributed by atoms with Crippen molar-refractivity contribution in [3.8, 4) is 44.9 Å². The van der Waals surface area contributed by atoms with E-state index in [1.165, 1.54) is 37.7 Å². The fraction of sp³-hybridized carbons (Fsp3) is 0. The SMILES string of the molecule is c1ccc(-c2nc(-c3ccc(-c4c(-c5ccc6scnc6c5)ccc5ccccc45)cc3)c3ccccc3n2)cc1. The molecule has 0 unspecified atom stereocenters. The molecule has 2 heterocycles. The Balaban J connectivity index is 1.30. The van der Waals surface area contributed by atoms with Crippen LogP contribution in [0.1, 0.15) is 0 Å². The molecule has 0 saturated carbocycles. The number of hydrogen-bond donors (Lipinski definition) is 0. The van der Waals surface area contributed by atoms with Gasteiger partial charge in [-0.25, -0.2) is 15.0 Å². The molecule has 0 aliphatic carbocycles. The molecule has 0 aliphatic heterocycles. The topological polar surface area (TPSA) is 38.7 Å². The molecule has 0 amide bonds. The molecule has 6 aromatic carbocycles. The molecule has 2 aromatic heterocycles. The van der Waals surface area contributed by atoms with Crippen molar-refractivity contribution in [3.63, 3.8) is 0 Å². The zero-order valence-corrected chi connectivity index (χ0v) is 22.8. The summed E-state index contributed by atoms with van der Waals surface area (Å²) in [5.41, 5.74) is 11.7. The number of nitrogens with zero attached hydrogens (tertiary/aromatic N) is 3. The van der Waals surface area contributed by atoms with Crippen LogP contribution in [0.2, 0.25) is 0 Å². The van der Waals surface area contributed by atoms with Crippen molar-refractivity contribution in [1.29, 1.82) is 0 Å². The van der Waals surface area contributed by atoms with Crippen molar-refractivity contribution < 1.29 is 0 Å². The number of fused-ring (bicyclic) bond motifs is 3. The van der Waals surface area contributed by atoms with E-state index in [1.54, 1.807) is 11.3 Å². The number of aromatic nitrogens is 3. The van der Waals surface area contributed by atoms with Crippen molar-refractivity contribution in [2.45, 2.75) is 0 Å². The van der Waals surface area contributed by atoms with Crippen LogP contribution in [0.5, 0.6) is 0 Å². The summed E-state index contributed by atoms with van der Waals surface area (Å²) in [7, 11) is 0. The Morgan fingerprint density at radius 3 is 2.10 bits per heavy atom. The maximum Gasteiger partial charge on any atom is 0.160 e. The zero-order chi connectivity index (χ0) is 27.2. The number of rotatable bonds is 4. The molecule has 0 N–H and O–H groups in total. The highest BCUT2D eigenvalue weighted by atomic mass is 32.1. The largest absolute Gasteiger partial charge is 0.245 e. The van der Waals surface area contributed by atoms with Gasteiger partial charge < -0.3 is 0 Å². The quantitative estimate of drug-likeness (QED) is 0.222. The van der Waals surface area contributed by atoms with Crippen LogP contribution in [-0.4, -0.2) is 15.0 Å². The van der Waals surface area contributed by atoms with E-state index >= 15 is 0 Å². The number of benzene rings is 6. The summed E-state index contributed by atoms with van der Waals surface area (Å²) >= 11 is 1.67. The highest BCUT2D eigenvalue weighted by molar-refractivity contribution is 7.16. The lowest BCUT2D eigenvalue weighted by atomic mass is 9.89. The van der Waals surface area contributed by atoms with E-state index < -0.39 is 0 Å². The molecule has 192 valence electrons. The van der Waals surface area contributed by atoms with Gasteiger partial charge in [0.1, 0.15) is 0 Å². The zero-order valence-electron chi connectivity index (χ0n) is 22.0. The van der Waals surface area contributed by atoms with Crippen molar-refractivity contribution in [1.82, 2.24) is 15.0 Å². The number of thiazole rings is 1. The molecule has 0 atom stereocenters. The van der Waals surface area contributed by atoms with Gasteiger partial charge in [-0.3, -0.25) is 0 Å². The highest BCUT2D eigenvalue weighted by Crippen LogP contribution is 2.40. The van der Waals surface area contributed by atoms with Gasteiger partial charge in [0.05, 0.1) is 26.9 Å². The Bertz CT molecular complexity index is 2200. The Hall–Kier alpha value is -5.19. The van der Waals surface area contributed by atoms with Crippen molar-refractivity contribution in [2.75, 3.05) is 0 Å². The molecule has 8 aromatic rings. The third-order valence-corrected chi connectivity index (χ3v) is 8.46. The van der Waals surface area contributed by atoms with E-state index in [4.69, 9.17) is 9.97 Å². The van der Waals surface area contributed by atoms with E-state index in [9.17, 15) is 0 Å². The molecule has 8 rings (SSSR count). The lowest BCUT2D eigenvalue weighted by Gasteiger charge is -2.15. The Morgan fingerprint density at radius 1 is 0.488 bits per heavy atom. The first-order chi connectivity index (χ1) is 20.3. The number of para-hydroxylation sites is 1. The van der Waals surface area contributed by atoms with Crippen molar-refractivity contribution >= 4 is 43.2 Å². The van der Waals surface area contributed by atoms with Gasteiger partial charge >= 0.3 is 0 Å². The Morgan fingerprint density at radius 2 is 1.22 bits per heavy atom. The summed E-state index contributed by atoms with van der Waals surface area (Å²) in [4.78, 5) is 14.5. The van der Waals surface area contributed by atoms with Gasteiger partial charge in [0.25, 0.3) is 0 Å². The second kappa shape index (κ2) is 9.77. The van der Waals surface area contributed by atoms with Crippen LogP contribution in [0.4, 0.5) is 0 Å². The van der Waals surface area contributed by atoms with Gasteiger partial charge in [-0.15, -0.1) is 11.3 Å². The predicted octanol–water partition coefficient (Wildman–Crippen LogP) is 10.1. The van der Waals surface area contributed by atoms with Gasteiger partial charge in [0, 0.05) is 16.5 Å². The van der Waals surface area contributed by atoms with E-state index in [0.717, 1.165) is 39.1 Å². The van der Waals surface area contributed by atoms with E-state index in [1.807, 2.05) is 35.8 Å². The maximum atomic E-state index is 5.07. The third kappa shape index (κ3) is 4.17. The summed E-state index contributed by atoms with van der Waals surface area (Å²) in [6.45, 7) is 0. The minimum atomic E-state index is 0.733. The second-order valence-electron chi connectivity index (χ2n) is 10.1. The second-order valence-corrected chi connectivity index (χ2v) is 11.0. The number of hydrogen-bond acceptors (Lipinski definition) is 4. The molecular weight excluding hydrogens is 518 g/mol. The Kier molecular flexibility index (Phi) is 5.64.